The fourth-order valence-corrected chi connectivity index (χ4v) is 4.56. The Hall–Kier alpha value is -1.59. The molecule has 0 spiro atoms. The molecule has 2 aliphatic rings. The maximum atomic E-state index is 4.93. The number of nitrogens with zero attached hydrogens (tertiary/aromatic N) is 3. The molecule has 2 saturated heterocycles. The van der Waals surface area contributed by atoms with Crippen LogP contribution in [0.15, 0.2) is 35.3 Å². The van der Waals surface area contributed by atoms with Crippen LogP contribution in [0.4, 0.5) is 0 Å². The lowest BCUT2D eigenvalue weighted by atomic mass is 9.97. The van der Waals surface area contributed by atoms with Crippen LogP contribution in [0.3, 0.4) is 0 Å². The predicted octanol–water partition coefficient (Wildman–Crippen LogP) is 2.94. The van der Waals surface area contributed by atoms with Crippen molar-refractivity contribution in [2.45, 2.75) is 58.2 Å². The Morgan fingerprint density at radius 1 is 1.18 bits per heavy atom. The number of benzene rings is 1. The molecule has 1 aromatic rings. The van der Waals surface area contributed by atoms with Crippen LogP contribution in [-0.2, 0) is 6.54 Å². The normalized spacial score (nSPS) is 27.5. The van der Waals surface area contributed by atoms with Crippen LogP contribution in [0.5, 0.6) is 0 Å². The molecule has 0 aromatic heterocycles. The number of nitrogens with one attached hydrogen (secondary N) is 2. The maximum absolute atomic E-state index is 4.93. The summed E-state index contributed by atoms with van der Waals surface area (Å²) in [6, 6.07) is 11.9. The van der Waals surface area contributed by atoms with E-state index < -0.39 is 0 Å². The monoisotopic (exact) mass is 385 g/mol. The van der Waals surface area contributed by atoms with E-state index in [-0.39, 0.29) is 0 Å². The minimum atomic E-state index is 0.508. The molecule has 28 heavy (non-hydrogen) atoms. The molecule has 2 N–H and O–H groups in total. The van der Waals surface area contributed by atoms with Crippen molar-refractivity contribution in [3.8, 4) is 0 Å². The second kappa shape index (κ2) is 10.8. The molecule has 5 nitrogen and oxygen atoms in total. The van der Waals surface area contributed by atoms with Crippen molar-refractivity contribution in [2.75, 3.05) is 39.8 Å². The number of hydrogen-bond donors (Lipinski definition) is 2. The number of likely N-dealkylation sites (tertiary alicyclic amines) is 2. The number of piperidine rings is 2. The molecule has 3 unspecified atom stereocenters. The van der Waals surface area contributed by atoms with Crippen molar-refractivity contribution in [1.82, 2.24) is 20.4 Å². The lowest BCUT2D eigenvalue weighted by Gasteiger charge is -2.38. The highest BCUT2D eigenvalue weighted by Crippen LogP contribution is 2.20. The molecule has 0 amide bonds. The zero-order valence-electron chi connectivity index (χ0n) is 18.0. The highest BCUT2D eigenvalue weighted by Gasteiger charge is 2.26. The summed E-state index contributed by atoms with van der Waals surface area (Å²) < 4.78 is 0. The summed E-state index contributed by atoms with van der Waals surface area (Å²) in [5, 5.41) is 7.18. The number of aliphatic imine (C=N–C) groups is 1. The molecule has 1 aromatic carbocycles. The van der Waals surface area contributed by atoms with Crippen molar-refractivity contribution in [1.29, 1.82) is 0 Å². The molecule has 3 atom stereocenters. The molecular formula is C23H39N5. The van der Waals surface area contributed by atoms with Gasteiger partial charge in [0.15, 0.2) is 5.96 Å². The van der Waals surface area contributed by atoms with Crippen LogP contribution < -0.4 is 10.6 Å². The van der Waals surface area contributed by atoms with E-state index >= 15 is 0 Å². The quantitative estimate of drug-likeness (QED) is 0.584. The first kappa shape index (κ1) is 21.1. The first-order chi connectivity index (χ1) is 13.6. The Morgan fingerprint density at radius 2 is 2.00 bits per heavy atom. The molecule has 0 bridgehead atoms. The third-order valence-corrected chi connectivity index (χ3v) is 6.16. The van der Waals surface area contributed by atoms with Crippen molar-refractivity contribution in [2.24, 2.45) is 10.9 Å². The molecule has 0 saturated carbocycles. The van der Waals surface area contributed by atoms with Gasteiger partial charge in [-0.3, -0.25) is 9.89 Å². The molecule has 5 heteroatoms. The molecule has 156 valence electrons. The van der Waals surface area contributed by atoms with Crippen molar-refractivity contribution in [3.63, 3.8) is 0 Å². The average molecular weight is 386 g/mol. The number of rotatable bonds is 6. The zero-order chi connectivity index (χ0) is 19.8. The van der Waals surface area contributed by atoms with Gasteiger partial charge in [-0.05, 0) is 64.6 Å². The minimum absolute atomic E-state index is 0.508. The molecule has 2 aliphatic heterocycles. The Morgan fingerprint density at radius 3 is 2.71 bits per heavy atom. The second-order valence-corrected chi connectivity index (χ2v) is 8.66. The largest absolute Gasteiger partial charge is 0.357 e. The summed E-state index contributed by atoms with van der Waals surface area (Å²) in [4.78, 5) is 9.98. The standard InChI is InChI=1S/C23H39N5/c1-4-24-23(25-16-21-11-8-13-27(3)17-21)26-22-12-14-28(19(2)15-22)18-20-9-6-5-7-10-20/h5-7,9-10,19,21-22H,4,8,11-18H2,1-3H3,(H2,24,25,26). The first-order valence-corrected chi connectivity index (χ1v) is 11.2. The molecule has 0 radical (unpaired) electrons. The van der Waals surface area contributed by atoms with E-state index in [0.717, 1.165) is 32.1 Å². The van der Waals surface area contributed by atoms with Gasteiger partial charge in [0.1, 0.15) is 0 Å². The van der Waals surface area contributed by atoms with Crippen LogP contribution in [0, 0.1) is 5.92 Å². The second-order valence-electron chi connectivity index (χ2n) is 8.66. The van der Waals surface area contributed by atoms with Gasteiger partial charge in [0, 0.05) is 44.8 Å². The van der Waals surface area contributed by atoms with Gasteiger partial charge in [0.2, 0.25) is 0 Å². The van der Waals surface area contributed by atoms with Crippen LogP contribution >= 0.6 is 0 Å². The molecule has 3 rings (SSSR count). The van der Waals surface area contributed by atoms with Gasteiger partial charge in [0.05, 0.1) is 0 Å². The summed E-state index contributed by atoms with van der Waals surface area (Å²) in [5.74, 6) is 1.70. The minimum Gasteiger partial charge on any atom is -0.357 e. The summed E-state index contributed by atoms with van der Waals surface area (Å²) in [5.41, 5.74) is 1.41. The van der Waals surface area contributed by atoms with Gasteiger partial charge < -0.3 is 15.5 Å². The Labute approximate surface area is 171 Å². The topological polar surface area (TPSA) is 42.9 Å². The van der Waals surface area contributed by atoms with E-state index in [2.05, 4.69) is 71.7 Å². The van der Waals surface area contributed by atoms with Crippen LogP contribution in [-0.4, -0.2) is 67.6 Å². The van der Waals surface area contributed by atoms with Crippen LogP contribution in [0.2, 0.25) is 0 Å². The summed E-state index contributed by atoms with van der Waals surface area (Å²) >= 11 is 0. The summed E-state index contributed by atoms with van der Waals surface area (Å²) in [6.07, 6.45) is 4.96. The summed E-state index contributed by atoms with van der Waals surface area (Å²) in [7, 11) is 2.23. The van der Waals surface area contributed by atoms with E-state index in [9.17, 15) is 0 Å². The fraction of sp³-hybridized carbons (Fsp3) is 0.696. The maximum Gasteiger partial charge on any atom is 0.191 e. The van der Waals surface area contributed by atoms with Gasteiger partial charge in [-0.1, -0.05) is 30.3 Å². The van der Waals surface area contributed by atoms with Gasteiger partial charge in [0.25, 0.3) is 0 Å². The van der Waals surface area contributed by atoms with Crippen molar-refractivity contribution >= 4 is 5.96 Å². The lowest BCUT2D eigenvalue weighted by Crippen LogP contribution is -2.51. The third-order valence-electron chi connectivity index (χ3n) is 6.16. The van der Waals surface area contributed by atoms with E-state index in [1.54, 1.807) is 0 Å². The zero-order valence-corrected chi connectivity index (χ0v) is 18.0. The fourth-order valence-electron chi connectivity index (χ4n) is 4.56. The molecule has 2 heterocycles. The van der Waals surface area contributed by atoms with Gasteiger partial charge >= 0.3 is 0 Å². The smallest absolute Gasteiger partial charge is 0.191 e. The van der Waals surface area contributed by atoms with Crippen molar-refractivity contribution in [3.05, 3.63) is 35.9 Å². The van der Waals surface area contributed by atoms with E-state index in [4.69, 9.17) is 4.99 Å². The highest BCUT2D eigenvalue weighted by molar-refractivity contribution is 5.80. The molecular weight excluding hydrogens is 346 g/mol. The number of guanidine groups is 1. The molecule has 0 aliphatic carbocycles. The highest BCUT2D eigenvalue weighted by atomic mass is 15.2. The van der Waals surface area contributed by atoms with Gasteiger partial charge in [-0.15, -0.1) is 0 Å². The SMILES string of the molecule is CCNC(=NCC1CCCN(C)C1)NC1CCN(Cc2ccccc2)C(C)C1. The lowest BCUT2D eigenvalue weighted by molar-refractivity contribution is 0.134. The van der Waals surface area contributed by atoms with E-state index in [0.29, 0.717) is 18.0 Å². The van der Waals surface area contributed by atoms with Crippen molar-refractivity contribution < 1.29 is 0 Å². The Bertz CT molecular complexity index is 602. The third kappa shape index (κ3) is 6.49. The summed E-state index contributed by atoms with van der Waals surface area (Å²) in [6.45, 7) is 11.0. The van der Waals surface area contributed by atoms with Crippen LogP contribution in [0.25, 0.3) is 0 Å². The molecule has 2 fully saturated rings. The van der Waals surface area contributed by atoms with Gasteiger partial charge in [-0.25, -0.2) is 0 Å². The van der Waals surface area contributed by atoms with E-state index in [1.165, 1.54) is 44.3 Å². The Kier molecular flexibility index (Phi) is 8.16. The first-order valence-electron chi connectivity index (χ1n) is 11.2. The average Bonchev–Trinajstić information content (AvgIpc) is 2.69. The van der Waals surface area contributed by atoms with E-state index in [1.807, 2.05) is 0 Å². The predicted molar refractivity (Wildman–Crippen MR) is 119 cm³/mol. The Balaban J connectivity index is 1.49. The number of hydrogen-bond acceptors (Lipinski definition) is 3. The van der Waals surface area contributed by atoms with Gasteiger partial charge in [-0.2, -0.15) is 0 Å². The van der Waals surface area contributed by atoms with Crippen LogP contribution in [0.1, 0.15) is 45.1 Å².